The summed E-state index contributed by atoms with van der Waals surface area (Å²) in [6.45, 7) is 1.84. The number of aryl methyl sites for hydroxylation is 1. The van der Waals surface area contributed by atoms with Crippen LogP contribution in [0.1, 0.15) is 18.6 Å². The minimum atomic E-state index is -3.93. The van der Waals surface area contributed by atoms with Gasteiger partial charge in [0.1, 0.15) is 10.6 Å². The van der Waals surface area contributed by atoms with E-state index in [1.54, 1.807) is 0 Å². The van der Waals surface area contributed by atoms with Crippen LogP contribution in [0.5, 0.6) is 5.75 Å². The van der Waals surface area contributed by atoms with E-state index < -0.39 is 10.0 Å². The molecule has 1 heterocycles. The fraction of sp³-hybridized carbons (Fsp3) is 0.273. The van der Waals surface area contributed by atoms with Gasteiger partial charge in [-0.25, -0.2) is 13.6 Å². The lowest BCUT2D eigenvalue weighted by atomic mass is 10.3. The van der Waals surface area contributed by atoms with Crippen LogP contribution >= 0.6 is 11.6 Å². The van der Waals surface area contributed by atoms with Gasteiger partial charge in [0.05, 0.1) is 0 Å². The Bertz CT molecular complexity index is 714. The van der Waals surface area contributed by atoms with Crippen LogP contribution in [0.2, 0.25) is 5.02 Å². The molecule has 7 nitrogen and oxygen atoms in total. The minimum absolute atomic E-state index is 0.0341. The summed E-state index contributed by atoms with van der Waals surface area (Å²) in [4.78, 5) is 3.85. The Morgan fingerprint density at radius 3 is 2.80 bits per heavy atom. The average molecular weight is 318 g/mol. The van der Waals surface area contributed by atoms with E-state index in [2.05, 4.69) is 10.1 Å². The number of sulfonamides is 1. The van der Waals surface area contributed by atoms with Crippen molar-refractivity contribution in [2.45, 2.75) is 24.8 Å². The summed E-state index contributed by atoms with van der Waals surface area (Å²) in [6.07, 6.45) is 0.608. The number of aromatic nitrogens is 2. The molecule has 0 saturated carbocycles. The second-order valence-electron chi connectivity index (χ2n) is 3.88. The van der Waals surface area contributed by atoms with Gasteiger partial charge in [0.2, 0.25) is 21.7 Å². The largest absolute Gasteiger partial charge is 0.484 e. The first kappa shape index (κ1) is 14.8. The molecule has 2 rings (SSSR count). The van der Waals surface area contributed by atoms with Gasteiger partial charge in [-0.15, -0.1) is 0 Å². The lowest BCUT2D eigenvalue weighted by Gasteiger charge is -2.08. The molecule has 2 aromatic rings. The summed E-state index contributed by atoms with van der Waals surface area (Å²) < 4.78 is 33.2. The number of nitrogens with zero attached hydrogens (tertiary/aromatic N) is 2. The van der Waals surface area contributed by atoms with Crippen LogP contribution in [0.4, 0.5) is 0 Å². The van der Waals surface area contributed by atoms with Crippen LogP contribution in [0, 0.1) is 0 Å². The number of hydrogen-bond acceptors (Lipinski definition) is 6. The molecule has 0 aliphatic heterocycles. The van der Waals surface area contributed by atoms with Gasteiger partial charge in [0.15, 0.2) is 6.61 Å². The Kier molecular flexibility index (Phi) is 4.26. The summed E-state index contributed by atoms with van der Waals surface area (Å²) in [5.41, 5.74) is 0. The van der Waals surface area contributed by atoms with Gasteiger partial charge in [-0.05, 0) is 18.2 Å². The molecular weight excluding hydrogens is 306 g/mol. The lowest BCUT2D eigenvalue weighted by Crippen LogP contribution is -2.14. The van der Waals surface area contributed by atoms with E-state index in [0.717, 1.165) is 0 Å². The highest BCUT2D eigenvalue weighted by Crippen LogP contribution is 2.26. The fourth-order valence-corrected chi connectivity index (χ4v) is 2.39. The highest BCUT2D eigenvalue weighted by molar-refractivity contribution is 7.89. The monoisotopic (exact) mass is 317 g/mol. The molecule has 0 atom stereocenters. The van der Waals surface area contributed by atoms with Crippen LogP contribution in [0.3, 0.4) is 0 Å². The molecule has 9 heteroatoms. The molecule has 0 bridgehead atoms. The molecule has 0 saturated heterocycles. The molecule has 1 aromatic heterocycles. The van der Waals surface area contributed by atoms with E-state index >= 15 is 0 Å². The Morgan fingerprint density at radius 1 is 1.45 bits per heavy atom. The molecule has 0 aliphatic rings. The standard InChI is InChI=1S/C11H12ClN3O4S/c1-2-11-14-10(15-19-11)6-18-8-4-3-7(12)5-9(8)20(13,16)17/h3-5H,2,6H2,1H3,(H2,13,16,17). The SMILES string of the molecule is CCc1nc(COc2ccc(Cl)cc2S(N)(=O)=O)no1. The van der Waals surface area contributed by atoms with Crippen molar-refractivity contribution in [3.63, 3.8) is 0 Å². The van der Waals surface area contributed by atoms with Crippen molar-refractivity contribution in [1.82, 2.24) is 10.1 Å². The maximum absolute atomic E-state index is 11.5. The maximum Gasteiger partial charge on any atom is 0.241 e. The zero-order valence-corrected chi connectivity index (χ0v) is 12.1. The Labute approximate surface area is 120 Å². The first-order valence-corrected chi connectivity index (χ1v) is 7.59. The fourth-order valence-electron chi connectivity index (χ4n) is 1.46. The number of primary sulfonamides is 1. The van der Waals surface area contributed by atoms with E-state index in [1.807, 2.05) is 6.92 Å². The first-order chi connectivity index (χ1) is 9.40. The summed E-state index contributed by atoms with van der Waals surface area (Å²) in [5, 5.41) is 9.04. The van der Waals surface area contributed by atoms with E-state index in [0.29, 0.717) is 18.1 Å². The van der Waals surface area contributed by atoms with Crippen molar-refractivity contribution in [3.8, 4) is 5.75 Å². The van der Waals surface area contributed by atoms with Gasteiger partial charge in [-0.1, -0.05) is 23.7 Å². The third-order valence-corrected chi connectivity index (χ3v) is 3.55. The number of benzene rings is 1. The molecule has 1 aromatic carbocycles. The molecule has 0 unspecified atom stereocenters. The molecule has 0 radical (unpaired) electrons. The molecule has 20 heavy (non-hydrogen) atoms. The second kappa shape index (κ2) is 5.78. The average Bonchev–Trinajstić information content (AvgIpc) is 2.84. The van der Waals surface area contributed by atoms with Gasteiger partial charge in [0, 0.05) is 11.4 Å². The van der Waals surface area contributed by atoms with E-state index in [4.69, 9.17) is 26.0 Å². The minimum Gasteiger partial charge on any atom is -0.484 e. The van der Waals surface area contributed by atoms with Gasteiger partial charge in [-0.3, -0.25) is 0 Å². The molecular formula is C11H12ClN3O4S. The Hall–Kier alpha value is -1.64. The zero-order chi connectivity index (χ0) is 14.8. The smallest absolute Gasteiger partial charge is 0.241 e. The van der Waals surface area contributed by atoms with E-state index in [9.17, 15) is 8.42 Å². The molecule has 2 N–H and O–H groups in total. The predicted molar refractivity (Wildman–Crippen MR) is 70.8 cm³/mol. The van der Waals surface area contributed by atoms with Gasteiger partial charge in [-0.2, -0.15) is 4.98 Å². The lowest BCUT2D eigenvalue weighted by molar-refractivity contribution is 0.278. The van der Waals surface area contributed by atoms with Gasteiger partial charge >= 0.3 is 0 Å². The van der Waals surface area contributed by atoms with Crippen LogP contribution in [0.25, 0.3) is 0 Å². The van der Waals surface area contributed by atoms with Crippen molar-refractivity contribution in [2.75, 3.05) is 0 Å². The van der Waals surface area contributed by atoms with E-state index in [1.165, 1.54) is 18.2 Å². The number of nitrogens with two attached hydrogens (primary N) is 1. The number of hydrogen-bond donors (Lipinski definition) is 1. The summed E-state index contributed by atoms with van der Waals surface area (Å²) >= 11 is 5.75. The van der Waals surface area contributed by atoms with Crippen molar-refractivity contribution < 1.29 is 17.7 Å². The summed E-state index contributed by atoms with van der Waals surface area (Å²) in [5.74, 6) is 0.878. The van der Waals surface area contributed by atoms with Gasteiger partial charge < -0.3 is 9.26 Å². The van der Waals surface area contributed by atoms with Crippen molar-refractivity contribution in [1.29, 1.82) is 0 Å². The van der Waals surface area contributed by atoms with Crippen LogP contribution in [0.15, 0.2) is 27.6 Å². The normalized spacial score (nSPS) is 11.6. The second-order valence-corrected chi connectivity index (χ2v) is 5.85. The number of halogens is 1. The molecule has 108 valence electrons. The maximum atomic E-state index is 11.5. The number of ether oxygens (including phenoxy) is 1. The summed E-state index contributed by atoms with van der Waals surface area (Å²) in [6, 6.07) is 4.14. The topological polar surface area (TPSA) is 108 Å². The van der Waals surface area contributed by atoms with E-state index in [-0.39, 0.29) is 22.3 Å². The highest BCUT2D eigenvalue weighted by Gasteiger charge is 2.16. The zero-order valence-electron chi connectivity index (χ0n) is 10.5. The van der Waals surface area contributed by atoms with Crippen molar-refractivity contribution in [2.24, 2.45) is 5.14 Å². The number of rotatable bonds is 5. The third kappa shape index (κ3) is 3.47. The van der Waals surface area contributed by atoms with Crippen LogP contribution < -0.4 is 9.88 Å². The van der Waals surface area contributed by atoms with Crippen molar-refractivity contribution in [3.05, 3.63) is 34.9 Å². The van der Waals surface area contributed by atoms with Crippen molar-refractivity contribution >= 4 is 21.6 Å². The molecule has 0 fully saturated rings. The summed E-state index contributed by atoms with van der Waals surface area (Å²) in [7, 11) is -3.93. The quantitative estimate of drug-likeness (QED) is 0.895. The van der Waals surface area contributed by atoms with Crippen LogP contribution in [-0.2, 0) is 23.1 Å². The first-order valence-electron chi connectivity index (χ1n) is 5.66. The highest BCUT2D eigenvalue weighted by atomic mass is 35.5. The molecule has 0 aliphatic carbocycles. The Morgan fingerprint density at radius 2 is 2.20 bits per heavy atom. The molecule has 0 spiro atoms. The molecule has 0 amide bonds. The van der Waals surface area contributed by atoms with Gasteiger partial charge in [0.25, 0.3) is 0 Å². The third-order valence-electron chi connectivity index (χ3n) is 2.38. The Balaban J connectivity index is 2.21. The van der Waals surface area contributed by atoms with Crippen LogP contribution in [-0.4, -0.2) is 18.6 Å². The predicted octanol–water partition coefficient (Wildman–Crippen LogP) is 1.51.